The second kappa shape index (κ2) is 10.3. The molecule has 11 nitrogen and oxygen atoms in total. The van der Waals surface area contributed by atoms with Gasteiger partial charge in [0.05, 0.1) is 22.5 Å². The zero-order chi connectivity index (χ0) is 29.8. The van der Waals surface area contributed by atoms with Crippen LogP contribution in [0, 0.1) is 16.7 Å². The van der Waals surface area contributed by atoms with Gasteiger partial charge in [0.25, 0.3) is 0 Å². The lowest BCUT2D eigenvalue weighted by atomic mass is 9.54. The third-order valence-electron chi connectivity index (χ3n) is 8.80. The Hall–Kier alpha value is -2.76. The Morgan fingerprint density at radius 3 is 1.85 bits per heavy atom. The summed E-state index contributed by atoms with van der Waals surface area (Å²) >= 11 is 0. The van der Waals surface area contributed by atoms with Crippen molar-refractivity contribution in [2.45, 2.75) is 110 Å². The molecule has 11 heteroatoms. The van der Waals surface area contributed by atoms with Gasteiger partial charge in [0, 0.05) is 46.5 Å². The molecule has 0 amide bonds. The smallest absolute Gasteiger partial charge is 0.303 e. The molecule has 39 heavy (non-hydrogen) atoms. The topological polar surface area (TPSA) is 166 Å². The van der Waals surface area contributed by atoms with Gasteiger partial charge in [-0.05, 0) is 37.5 Å². The van der Waals surface area contributed by atoms with Crippen LogP contribution in [0.4, 0.5) is 0 Å². The summed E-state index contributed by atoms with van der Waals surface area (Å²) < 4.78 is 23.0. The lowest BCUT2D eigenvalue weighted by molar-refractivity contribution is -0.214. The van der Waals surface area contributed by atoms with Crippen LogP contribution in [0.5, 0.6) is 0 Å². The van der Waals surface area contributed by atoms with Crippen LogP contribution in [0.1, 0.15) is 68.2 Å². The molecule has 9 atom stereocenters. The minimum absolute atomic E-state index is 0.0900. The zero-order valence-electron chi connectivity index (χ0n) is 23.8. The molecule has 3 aliphatic carbocycles. The van der Waals surface area contributed by atoms with E-state index in [1.54, 1.807) is 13.8 Å². The van der Waals surface area contributed by atoms with Crippen molar-refractivity contribution in [3.05, 3.63) is 23.3 Å². The quantitative estimate of drug-likeness (QED) is 0.257. The maximum Gasteiger partial charge on any atom is 0.303 e. The summed E-state index contributed by atoms with van der Waals surface area (Å²) in [7, 11) is 0. The highest BCUT2D eigenvalue weighted by Gasteiger charge is 2.73. The number of ether oxygens (including phenoxy) is 4. The summed E-state index contributed by atoms with van der Waals surface area (Å²) in [5.74, 6) is -3.84. The van der Waals surface area contributed by atoms with Gasteiger partial charge in [-0.3, -0.25) is 19.2 Å². The minimum Gasteiger partial charge on any atom is -0.462 e. The van der Waals surface area contributed by atoms with Crippen molar-refractivity contribution < 1.29 is 53.4 Å². The van der Waals surface area contributed by atoms with Gasteiger partial charge in [-0.25, -0.2) is 0 Å². The minimum atomic E-state index is -1.73. The van der Waals surface area contributed by atoms with Crippen molar-refractivity contribution in [2.75, 3.05) is 0 Å². The van der Waals surface area contributed by atoms with Crippen molar-refractivity contribution in [1.29, 1.82) is 0 Å². The first-order chi connectivity index (χ1) is 17.8. The first kappa shape index (κ1) is 30.8. The highest BCUT2D eigenvalue weighted by molar-refractivity contribution is 5.69. The molecule has 2 fully saturated rings. The fourth-order valence-electron chi connectivity index (χ4n) is 7.27. The van der Waals surface area contributed by atoms with Gasteiger partial charge >= 0.3 is 23.9 Å². The van der Waals surface area contributed by atoms with E-state index in [0.29, 0.717) is 5.57 Å². The second-order valence-electron chi connectivity index (χ2n) is 11.7. The standard InChI is InChI=1S/C28H40O11/c1-12-18(33)10-20(37-15(4)30)27(9)22(12)24(38-16(5)31)28(26(7,8)35)11-19(36-14(3)29)13(2)21(28)23(34)25(27)39-17(6)32/h18-20,22-25,33-35H,1,10-11H2,2-9H3/t18-,19+,20-,22+,23-,24+,25+,27+,28+/m1/s1. The monoisotopic (exact) mass is 552 g/mol. The van der Waals surface area contributed by atoms with Crippen LogP contribution in [0.25, 0.3) is 0 Å². The largest absolute Gasteiger partial charge is 0.462 e. The molecule has 0 spiro atoms. The highest BCUT2D eigenvalue weighted by atomic mass is 16.6. The number of rotatable bonds is 5. The predicted molar refractivity (Wildman–Crippen MR) is 136 cm³/mol. The third kappa shape index (κ3) is 4.89. The maximum atomic E-state index is 12.7. The first-order valence-corrected chi connectivity index (χ1v) is 13.0. The summed E-state index contributed by atoms with van der Waals surface area (Å²) in [5.41, 5.74) is -4.06. The van der Waals surface area contributed by atoms with Crippen LogP contribution >= 0.6 is 0 Å². The molecular formula is C28H40O11. The van der Waals surface area contributed by atoms with E-state index in [2.05, 4.69) is 6.58 Å². The van der Waals surface area contributed by atoms with Crippen molar-refractivity contribution in [2.24, 2.45) is 16.7 Å². The SMILES string of the molecule is C=C1[C@H](O)C[C@@H](OC(C)=O)[C@]2(C)[C@@H](OC(C)=O)[C@H](O)C3=C(C)[C@@H](OC(C)=O)C[C@@]3(C(C)(C)O)[C@@H](OC(C)=O)[C@H]12. The van der Waals surface area contributed by atoms with Crippen molar-refractivity contribution in [3.63, 3.8) is 0 Å². The van der Waals surface area contributed by atoms with Crippen molar-refractivity contribution in [3.8, 4) is 0 Å². The van der Waals surface area contributed by atoms with Crippen LogP contribution in [-0.2, 0) is 38.1 Å². The molecule has 0 unspecified atom stereocenters. The summed E-state index contributed by atoms with van der Waals surface area (Å²) in [6, 6.07) is 0. The van der Waals surface area contributed by atoms with Gasteiger partial charge < -0.3 is 34.3 Å². The number of aliphatic hydroxyl groups excluding tert-OH is 2. The third-order valence-corrected chi connectivity index (χ3v) is 8.80. The van der Waals surface area contributed by atoms with E-state index in [0.717, 1.165) is 6.92 Å². The Bertz CT molecular complexity index is 1100. The van der Waals surface area contributed by atoms with E-state index in [1.807, 2.05) is 0 Å². The molecule has 0 aromatic heterocycles. The number of fused-ring (bicyclic) bond motifs is 2. The van der Waals surface area contributed by atoms with E-state index >= 15 is 0 Å². The molecule has 0 aliphatic heterocycles. The molecule has 3 aliphatic rings. The Balaban J connectivity index is 2.51. The fourth-order valence-corrected chi connectivity index (χ4v) is 7.27. The molecule has 3 rings (SSSR count). The Labute approximate surface area is 228 Å². The Morgan fingerprint density at radius 1 is 0.897 bits per heavy atom. The van der Waals surface area contributed by atoms with Crippen LogP contribution in [0.3, 0.4) is 0 Å². The molecular weight excluding hydrogens is 512 g/mol. The first-order valence-electron chi connectivity index (χ1n) is 13.0. The van der Waals surface area contributed by atoms with Crippen molar-refractivity contribution in [1.82, 2.24) is 0 Å². The van der Waals surface area contributed by atoms with Gasteiger partial charge in [0.1, 0.15) is 30.5 Å². The second-order valence-corrected chi connectivity index (χ2v) is 11.7. The lowest BCUT2D eigenvalue weighted by Gasteiger charge is -2.55. The van der Waals surface area contributed by atoms with Gasteiger partial charge in [0.15, 0.2) is 0 Å². The zero-order valence-corrected chi connectivity index (χ0v) is 23.8. The molecule has 0 aromatic carbocycles. The normalized spacial score (nSPS) is 38.2. The maximum absolute atomic E-state index is 12.7. The molecule has 2 saturated carbocycles. The number of esters is 4. The van der Waals surface area contributed by atoms with E-state index in [1.165, 1.54) is 34.6 Å². The molecule has 0 radical (unpaired) electrons. The molecule has 0 heterocycles. The number of hydrogen-bond acceptors (Lipinski definition) is 11. The number of hydrogen-bond donors (Lipinski definition) is 3. The van der Waals surface area contributed by atoms with E-state index in [-0.39, 0.29) is 24.0 Å². The molecule has 3 N–H and O–H groups in total. The Kier molecular flexibility index (Phi) is 8.15. The van der Waals surface area contributed by atoms with E-state index < -0.39 is 82.8 Å². The van der Waals surface area contributed by atoms with Gasteiger partial charge in [-0.2, -0.15) is 0 Å². The number of carbonyl (C=O) groups is 4. The van der Waals surface area contributed by atoms with Crippen LogP contribution in [-0.4, -0.2) is 81.4 Å². The Morgan fingerprint density at radius 2 is 1.38 bits per heavy atom. The summed E-state index contributed by atoms with van der Waals surface area (Å²) in [6.45, 7) is 15.1. The number of carbonyl (C=O) groups excluding carboxylic acids is 4. The lowest BCUT2D eigenvalue weighted by Crippen LogP contribution is -2.63. The van der Waals surface area contributed by atoms with E-state index in [9.17, 15) is 34.5 Å². The van der Waals surface area contributed by atoms with Crippen LogP contribution in [0.15, 0.2) is 23.3 Å². The summed E-state index contributed by atoms with van der Waals surface area (Å²) in [5, 5.41) is 35.1. The molecule has 0 saturated heterocycles. The average molecular weight is 553 g/mol. The predicted octanol–water partition coefficient (Wildman–Crippen LogP) is 1.51. The molecule has 0 aromatic rings. The molecule has 218 valence electrons. The molecule has 0 bridgehead atoms. The summed E-state index contributed by atoms with van der Waals surface area (Å²) in [6.07, 6.45) is -7.80. The number of aliphatic hydroxyl groups is 3. The average Bonchev–Trinajstić information content (AvgIpc) is 3.03. The fraction of sp³-hybridized carbons (Fsp3) is 0.714. The van der Waals surface area contributed by atoms with Crippen LogP contribution in [0.2, 0.25) is 0 Å². The van der Waals surface area contributed by atoms with Crippen LogP contribution < -0.4 is 0 Å². The van der Waals surface area contributed by atoms with Gasteiger partial charge in [-0.15, -0.1) is 0 Å². The van der Waals surface area contributed by atoms with Gasteiger partial charge in [0.2, 0.25) is 0 Å². The van der Waals surface area contributed by atoms with Gasteiger partial charge in [-0.1, -0.05) is 13.5 Å². The van der Waals surface area contributed by atoms with E-state index in [4.69, 9.17) is 18.9 Å². The van der Waals surface area contributed by atoms with Crippen molar-refractivity contribution >= 4 is 23.9 Å². The summed E-state index contributed by atoms with van der Waals surface area (Å²) in [4.78, 5) is 49.3. The highest BCUT2D eigenvalue weighted by Crippen LogP contribution is 2.65.